The van der Waals surface area contributed by atoms with Crippen LogP contribution >= 0.6 is 0 Å². The summed E-state index contributed by atoms with van der Waals surface area (Å²) in [6.45, 7) is 4.28. The largest absolute Gasteiger partial charge is 0.461 e. The van der Waals surface area contributed by atoms with E-state index in [-0.39, 0.29) is 6.04 Å². The van der Waals surface area contributed by atoms with E-state index in [0.29, 0.717) is 29.8 Å². The minimum Gasteiger partial charge on any atom is -0.461 e. The second kappa shape index (κ2) is 5.14. The molecular weight excluding hydrogens is 218 g/mol. The Morgan fingerprint density at radius 3 is 2.88 bits per heavy atom. The molecule has 2 aromatic rings. The van der Waals surface area contributed by atoms with Crippen molar-refractivity contribution < 1.29 is 8.94 Å². The number of nitrogens with two attached hydrogens (primary N) is 1. The molecule has 0 radical (unpaired) electrons. The van der Waals surface area contributed by atoms with E-state index in [2.05, 4.69) is 24.0 Å². The van der Waals surface area contributed by atoms with Gasteiger partial charge in [0.1, 0.15) is 0 Å². The number of nitrogens with zero attached hydrogens (tertiary/aromatic N) is 2. The van der Waals surface area contributed by atoms with Gasteiger partial charge < -0.3 is 14.7 Å². The van der Waals surface area contributed by atoms with Crippen LogP contribution in [0.15, 0.2) is 27.3 Å². The molecular formula is C12H17N3O2. The maximum Gasteiger partial charge on any atom is 0.238 e. The molecule has 17 heavy (non-hydrogen) atoms. The van der Waals surface area contributed by atoms with Gasteiger partial charge in [0.25, 0.3) is 0 Å². The average Bonchev–Trinajstić information content (AvgIpc) is 2.84. The SMILES string of the molecule is CC(C)CC(N)Cc1nc(-c2ccco2)no1. The molecule has 2 heterocycles. The van der Waals surface area contributed by atoms with Gasteiger partial charge in [0, 0.05) is 12.5 Å². The highest BCUT2D eigenvalue weighted by Crippen LogP contribution is 2.16. The van der Waals surface area contributed by atoms with Gasteiger partial charge in [-0.05, 0) is 24.5 Å². The van der Waals surface area contributed by atoms with E-state index < -0.39 is 0 Å². The highest BCUT2D eigenvalue weighted by Gasteiger charge is 2.14. The quantitative estimate of drug-likeness (QED) is 0.859. The lowest BCUT2D eigenvalue weighted by Gasteiger charge is -2.10. The Bertz CT molecular complexity index is 448. The highest BCUT2D eigenvalue weighted by atomic mass is 16.5. The van der Waals surface area contributed by atoms with Crippen LogP contribution in [-0.2, 0) is 6.42 Å². The Morgan fingerprint density at radius 2 is 2.24 bits per heavy atom. The Hall–Kier alpha value is -1.62. The van der Waals surface area contributed by atoms with Crippen molar-refractivity contribution in [2.75, 3.05) is 0 Å². The van der Waals surface area contributed by atoms with Crippen LogP contribution < -0.4 is 5.73 Å². The zero-order valence-electron chi connectivity index (χ0n) is 10.1. The first-order valence-corrected chi connectivity index (χ1v) is 5.77. The summed E-state index contributed by atoms with van der Waals surface area (Å²) in [5, 5.41) is 3.86. The maximum absolute atomic E-state index is 5.98. The van der Waals surface area contributed by atoms with Crippen LogP contribution in [0.1, 0.15) is 26.2 Å². The highest BCUT2D eigenvalue weighted by molar-refractivity contribution is 5.44. The molecule has 0 aliphatic heterocycles. The molecule has 1 atom stereocenters. The van der Waals surface area contributed by atoms with Crippen molar-refractivity contribution in [1.82, 2.24) is 10.1 Å². The molecule has 0 fully saturated rings. The van der Waals surface area contributed by atoms with E-state index in [1.165, 1.54) is 0 Å². The van der Waals surface area contributed by atoms with Crippen molar-refractivity contribution in [2.45, 2.75) is 32.7 Å². The van der Waals surface area contributed by atoms with Gasteiger partial charge in [0.2, 0.25) is 11.7 Å². The van der Waals surface area contributed by atoms with E-state index in [9.17, 15) is 0 Å². The molecule has 0 aromatic carbocycles. The summed E-state index contributed by atoms with van der Waals surface area (Å²) in [5.74, 6) is 2.21. The first-order valence-electron chi connectivity index (χ1n) is 5.77. The molecule has 0 saturated heterocycles. The smallest absolute Gasteiger partial charge is 0.238 e. The average molecular weight is 235 g/mol. The molecule has 0 aliphatic carbocycles. The molecule has 5 nitrogen and oxygen atoms in total. The van der Waals surface area contributed by atoms with Crippen LogP contribution in [0, 0.1) is 5.92 Å². The Morgan fingerprint density at radius 1 is 1.41 bits per heavy atom. The molecule has 2 aromatic heterocycles. The number of furan rings is 1. The summed E-state index contributed by atoms with van der Waals surface area (Å²) in [5.41, 5.74) is 5.98. The normalized spacial score (nSPS) is 13.2. The topological polar surface area (TPSA) is 78.1 Å². The van der Waals surface area contributed by atoms with Crippen LogP contribution in [0.2, 0.25) is 0 Å². The van der Waals surface area contributed by atoms with Gasteiger partial charge in [0.15, 0.2) is 5.76 Å². The first-order chi connectivity index (χ1) is 8.15. The molecule has 0 bridgehead atoms. The van der Waals surface area contributed by atoms with E-state index in [4.69, 9.17) is 14.7 Å². The van der Waals surface area contributed by atoms with Crippen LogP contribution in [0.5, 0.6) is 0 Å². The molecule has 1 unspecified atom stereocenters. The number of hydrogen-bond acceptors (Lipinski definition) is 5. The summed E-state index contributed by atoms with van der Waals surface area (Å²) < 4.78 is 10.3. The minimum atomic E-state index is 0.0555. The Kier molecular flexibility index (Phi) is 3.58. The maximum atomic E-state index is 5.98. The van der Waals surface area contributed by atoms with Gasteiger partial charge in [0.05, 0.1) is 6.26 Å². The fraction of sp³-hybridized carbons (Fsp3) is 0.500. The summed E-state index contributed by atoms with van der Waals surface area (Å²) >= 11 is 0. The van der Waals surface area contributed by atoms with E-state index in [0.717, 1.165) is 6.42 Å². The van der Waals surface area contributed by atoms with E-state index in [1.54, 1.807) is 18.4 Å². The Balaban J connectivity index is 1.99. The molecule has 0 amide bonds. The predicted octanol–water partition coefficient (Wildman–Crippen LogP) is 2.25. The summed E-state index contributed by atoms with van der Waals surface area (Å²) in [7, 11) is 0. The second-order valence-electron chi connectivity index (χ2n) is 4.58. The lowest BCUT2D eigenvalue weighted by Crippen LogP contribution is -2.24. The van der Waals surface area contributed by atoms with Gasteiger partial charge >= 0.3 is 0 Å². The lowest BCUT2D eigenvalue weighted by atomic mass is 10.0. The molecule has 2 N–H and O–H groups in total. The molecule has 0 spiro atoms. The fourth-order valence-electron chi connectivity index (χ4n) is 1.76. The summed E-state index contributed by atoms with van der Waals surface area (Å²) in [6, 6.07) is 3.64. The molecule has 5 heteroatoms. The Labute approximate surface area is 100.0 Å². The predicted molar refractivity (Wildman–Crippen MR) is 63.1 cm³/mol. The van der Waals surface area contributed by atoms with Gasteiger partial charge in [-0.1, -0.05) is 19.0 Å². The first kappa shape index (κ1) is 11.9. The second-order valence-corrected chi connectivity index (χ2v) is 4.58. The van der Waals surface area contributed by atoms with Gasteiger partial charge in [-0.15, -0.1) is 0 Å². The van der Waals surface area contributed by atoms with Crippen molar-refractivity contribution in [3.63, 3.8) is 0 Å². The third-order valence-corrected chi connectivity index (χ3v) is 2.42. The number of aromatic nitrogens is 2. The van der Waals surface area contributed by atoms with Crippen molar-refractivity contribution in [2.24, 2.45) is 11.7 Å². The van der Waals surface area contributed by atoms with Gasteiger partial charge in [-0.3, -0.25) is 0 Å². The van der Waals surface area contributed by atoms with Crippen LogP contribution in [-0.4, -0.2) is 16.2 Å². The van der Waals surface area contributed by atoms with Crippen LogP contribution in [0.25, 0.3) is 11.6 Å². The third kappa shape index (κ3) is 3.17. The number of rotatable bonds is 5. The minimum absolute atomic E-state index is 0.0555. The third-order valence-electron chi connectivity index (χ3n) is 2.42. The van der Waals surface area contributed by atoms with Crippen molar-refractivity contribution in [1.29, 1.82) is 0 Å². The summed E-state index contributed by atoms with van der Waals surface area (Å²) in [4.78, 5) is 4.25. The fourth-order valence-corrected chi connectivity index (χ4v) is 1.76. The molecule has 92 valence electrons. The molecule has 2 rings (SSSR count). The summed E-state index contributed by atoms with van der Waals surface area (Å²) in [6.07, 6.45) is 3.13. The van der Waals surface area contributed by atoms with Crippen molar-refractivity contribution in [3.8, 4) is 11.6 Å². The van der Waals surface area contributed by atoms with Gasteiger partial charge in [-0.2, -0.15) is 4.98 Å². The monoisotopic (exact) mass is 235 g/mol. The van der Waals surface area contributed by atoms with Crippen molar-refractivity contribution >= 4 is 0 Å². The van der Waals surface area contributed by atoms with Crippen LogP contribution in [0.3, 0.4) is 0 Å². The van der Waals surface area contributed by atoms with E-state index in [1.807, 2.05) is 0 Å². The molecule has 0 saturated carbocycles. The standard InChI is InChI=1S/C12H17N3O2/c1-8(2)6-9(13)7-11-14-12(15-17-11)10-4-3-5-16-10/h3-5,8-9H,6-7,13H2,1-2H3. The number of hydrogen-bond donors (Lipinski definition) is 1. The van der Waals surface area contributed by atoms with Gasteiger partial charge in [-0.25, -0.2) is 0 Å². The zero-order valence-corrected chi connectivity index (χ0v) is 10.1. The van der Waals surface area contributed by atoms with Crippen LogP contribution in [0.4, 0.5) is 0 Å². The molecule has 0 aliphatic rings. The lowest BCUT2D eigenvalue weighted by molar-refractivity contribution is 0.358. The van der Waals surface area contributed by atoms with E-state index >= 15 is 0 Å². The zero-order chi connectivity index (χ0) is 12.3. The van der Waals surface area contributed by atoms with Crippen molar-refractivity contribution in [3.05, 3.63) is 24.3 Å².